The Hall–Kier alpha value is -1.75. The maximum Gasteiger partial charge on any atom is 0.410 e. The highest BCUT2D eigenvalue weighted by Crippen LogP contribution is 2.14. The Bertz CT molecular complexity index is 486. The quantitative estimate of drug-likeness (QED) is 0.932. The van der Waals surface area contributed by atoms with Gasteiger partial charge in [0.2, 0.25) is 0 Å². The van der Waals surface area contributed by atoms with Gasteiger partial charge in [-0.05, 0) is 38.5 Å². The van der Waals surface area contributed by atoms with E-state index < -0.39 is 5.60 Å². The summed E-state index contributed by atoms with van der Waals surface area (Å²) in [4.78, 5) is 16.2. The molecule has 1 aromatic carbocycles. The van der Waals surface area contributed by atoms with E-state index in [1.807, 2.05) is 27.8 Å². The molecule has 5 nitrogen and oxygen atoms in total. The highest BCUT2D eigenvalue weighted by molar-refractivity contribution is 5.68. The molecule has 0 aromatic heterocycles. The van der Waals surface area contributed by atoms with Gasteiger partial charge in [-0.2, -0.15) is 0 Å². The standard InChI is InChI=1S/C17H27N3O2/c1-17(2,3)22-16(21)20-11-9-19(10-12-20)13-14-5-7-15(18-4)8-6-14/h5-8,18H,9-13H2,1-4H3. The molecule has 5 heteroatoms. The van der Waals surface area contributed by atoms with Crippen LogP contribution in [0.3, 0.4) is 0 Å². The molecular formula is C17H27N3O2. The van der Waals surface area contributed by atoms with Gasteiger partial charge in [0.1, 0.15) is 5.60 Å². The van der Waals surface area contributed by atoms with E-state index >= 15 is 0 Å². The first kappa shape index (κ1) is 16.6. The predicted octanol–water partition coefficient (Wildman–Crippen LogP) is 2.78. The second kappa shape index (κ2) is 7.01. The van der Waals surface area contributed by atoms with Gasteiger partial charge in [0.05, 0.1) is 0 Å². The van der Waals surface area contributed by atoms with Crippen molar-refractivity contribution in [2.45, 2.75) is 32.9 Å². The van der Waals surface area contributed by atoms with Crippen LogP contribution in [0.5, 0.6) is 0 Å². The van der Waals surface area contributed by atoms with Crippen molar-refractivity contribution >= 4 is 11.8 Å². The first-order valence-electron chi connectivity index (χ1n) is 7.84. The summed E-state index contributed by atoms with van der Waals surface area (Å²) in [5.74, 6) is 0. The van der Waals surface area contributed by atoms with E-state index in [0.29, 0.717) is 0 Å². The van der Waals surface area contributed by atoms with E-state index in [9.17, 15) is 4.79 Å². The number of hydrogen-bond donors (Lipinski definition) is 1. The second-order valence-corrected chi connectivity index (χ2v) is 6.69. The fourth-order valence-corrected chi connectivity index (χ4v) is 2.45. The molecule has 0 aliphatic carbocycles. The lowest BCUT2D eigenvalue weighted by Crippen LogP contribution is -2.49. The number of nitrogens with zero attached hydrogens (tertiary/aromatic N) is 2. The molecule has 1 saturated heterocycles. The molecule has 1 N–H and O–H groups in total. The molecule has 1 amide bonds. The number of amides is 1. The second-order valence-electron chi connectivity index (χ2n) is 6.69. The minimum Gasteiger partial charge on any atom is -0.444 e. The molecule has 2 rings (SSSR count). The normalized spacial score (nSPS) is 16.5. The number of anilines is 1. The van der Waals surface area contributed by atoms with Crippen LogP contribution in [0.4, 0.5) is 10.5 Å². The van der Waals surface area contributed by atoms with Crippen molar-refractivity contribution in [3.63, 3.8) is 0 Å². The van der Waals surface area contributed by atoms with E-state index in [1.165, 1.54) is 5.56 Å². The number of nitrogens with one attached hydrogen (secondary N) is 1. The van der Waals surface area contributed by atoms with Crippen molar-refractivity contribution in [1.82, 2.24) is 9.80 Å². The number of benzene rings is 1. The average molecular weight is 305 g/mol. The first-order valence-corrected chi connectivity index (χ1v) is 7.84. The maximum atomic E-state index is 12.0. The van der Waals surface area contributed by atoms with Crippen molar-refractivity contribution in [2.75, 3.05) is 38.5 Å². The van der Waals surface area contributed by atoms with Crippen molar-refractivity contribution < 1.29 is 9.53 Å². The number of rotatable bonds is 3. The summed E-state index contributed by atoms with van der Waals surface area (Å²) in [6.45, 7) is 9.83. The van der Waals surface area contributed by atoms with Crippen molar-refractivity contribution in [1.29, 1.82) is 0 Å². The summed E-state index contributed by atoms with van der Waals surface area (Å²) in [7, 11) is 1.92. The summed E-state index contributed by atoms with van der Waals surface area (Å²) < 4.78 is 5.42. The predicted molar refractivity (Wildman–Crippen MR) is 89.1 cm³/mol. The summed E-state index contributed by atoms with van der Waals surface area (Å²) >= 11 is 0. The zero-order chi connectivity index (χ0) is 16.2. The average Bonchev–Trinajstić information content (AvgIpc) is 2.47. The zero-order valence-corrected chi connectivity index (χ0v) is 14.1. The molecule has 122 valence electrons. The molecule has 1 fully saturated rings. The summed E-state index contributed by atoms with van der Waals surface area (Å²) in [6, 6.07) is 8.47. The van der Waals surface area contributed by atoms with E-state index in [1.54, 1.807) is 4.90 Å². The van der Waals surface area contributed by atoms with Gasteiger partial charge < -0.3 is 15.0 Å². The van der Waals surface area contributed by atoms with E-state index in [2.05, 4.69) is 34.5 Å². The lowest BCUT2D eigenvalue weighted by atomic mass is 10.2. The van der Waals surface area contributed by atoms with Crippen LogP contribution in [0.15, 0.2) is 24.3 Å². The Labute approximate surface area is 133 Å². The Morgan fingerprint density at radius 1 is 1.14 bits per heavy atom. The van der Waals surface area contributed by atoms with Crippen molar-refractivity contribution in [2.24, 2.45) is 0 Å². The number of carbonyl (C=O) groups is 1. The van der Waals surface area contributed by atoms with Crippen molar-refractivity contribution in [3.8, 4) is 0 Å². The fourth-order valence-electron chi connectivity index (χ4n) is 2.45. The molecule has 1 aromatic rings. The van der Waals surface area contributed by atoms with Gasteiger partial charge in [0.25, 0.3) is 0 Å². The third-order valence-corrected chi connectivity index (χ3v) is 3.67. The van der Waals surface area contributed by atoms with Gasteiger partial charge in [-0.15, -0.1) is 0 Å². The van der Waals surface area contributed by atoms with Crippen LogP contribution in [0, 0.1) is 0 Å². The molecule has 0 saturated carbocycles. The van der Waals surface area contributed by atoms with Crippen LogP contribution in [-0.2, 0) is 11.3 Å². The van der Waals surface area contributed by atoms with Crippen LogP contribution < -0.4 is 5.32 Å². The molecule has 0 radical (unpaired) electrons. The molecule has 0 atom stereocenters. The Morgan fingerprint density at radius 3 is 2.23 bits per heavy atom. The summed E-state index contributed by atoms with van der Waals surface area (Å²) in [5, 5.41) is 3.12. The van der Waals surface area contributed by atoms with Gasteiger partial charge in [0, 0.05) is 45.5 Å². The number of ether oxygens (including phenoxy) is 1. The minimum atomic E-state index is -0.427. The van der Waals surface area contributed by atoms with Gasteiger partial charge >= 0.3 is 6.09 Å². The first-order chi connectivity index (χ1) is 10.4. The van der Waals surface area contributed by atoms with E-state index in [4.69, 9.17) is 4.74 Å². The fraction of sp³-hybridized carbons (Fsp3) is 0.588. The Kier molecular flexibility index (Phi) is 5.29. The third kappa shape index (κ3) is 4.91. The van der Waals surface area contributed by atoms with Crippen LogP contribution in [0.1, 0.15) is 26.3 Å². The van der Waals surface area contributed by atoms with E-state index in [-0.39, 0.29) is 6.09 Å². The van der Waals surface area contributed by atoms with Gasteiger partial charge in [0.15, 0.2) is 0 Å². The number of hydrogen-bond acceptors (Lipinski definition) is 4. The Morgan fingerprint density at radius 2 is 1.73 bits per heavy atom. The summed E-state index contributed by atoms with van der Waals surface area (Å²) in [5.41, 5.74) is 1.99. The highest BCUT2D eigenvalue weighted by atomic mass is 16.6. The highest BCUT2D eigenvalue weighted by Gasteiger charge is 2.25. The monoisotopic (exact) mass is 305 g/mol. The number of carbonyl (C=O) groups excluding carboxylic acids is 1. The van der Waals surface area contributed by atoms with E-state index in [0.717, 1.165) is 38.4 Å². The minimum absolute atomic E-state index is 0.203. The SMILES string of the molecule is CNc1ccc(CN2CCN(C(=O)OC(C)(C)C)CC2)cc1. The molecule has 0 bridgehead atoms. The molecule has 0 unspecified atom stereocenters. The maximum absolute atomic E-state index is 12.0. The lowest BCUT2D eigenvalue weighted by molar-refractivity contribution is 0.0139. The largest absolute Gasteiger partial charge is 0.444 e. The molecule has 1 aliphatic heterocycles. The topological polar surface area (TPSA) is 44.8 Å². The van der Waals surface area contributed by atoms with Crippen LogP contribution in [0.2, 0.25) is 0 Å². The molecular weight excluding hydrogens is 278 g/mol. The zero-order valence-electron chi connectivity index (χ0n) is 14.1. The third-order valence-electron chi connectivity index (χ3n) is 3.67. The van der Waals surface area contributed by atoms with Gasteiger partial charge in [-0.3, -0.25) is 4.90 Å². The van der Waals surface area contributed by atoms with Gasteiger partial charge in [-0.25, -0.2) is 4.79 Å². The number of piperazine rings is 1. The van der Waals surface area contributed by atoms with Crippen LogP contribution >= 0.6 is 0 Å². The summed E-state index contributed by atoms with van der Waals surface area (Å²) in [6.07, 6.45) is -0.203. The van der Waals surface area contributed by atoms with Crippen molar-refractivity contribution in [3.05, 3.63) is 29.8 Å². The Balaban J connectivity index is 1.80. The smallest absolute Gasteiger partial charge is 0.410 e. The lowest BCUT2D eigenvalue weighted by Gasteiger charge is -2.35. The molecule has 0 spiro atoms. The van der Waals surface area contributed by atoms with Crippen LogP contribution in [0.25, 0.3) is 0 Å². The van der Waals surface area contributed by atoms with Crippen LogP contribution in [-0.4, -0.2) is 54.7 Å². The molecule has 1 aliphatic rings. The molecule has 22 heavy (non-hydrogen) atoms. The van der Waals surface area contributed by atoms with Gasteiger partial charge in [-0.1, -0.05) is 12.1 Å². The molecule has 1 heterocycles.